The normalized spacial score (nSPS) is 19.2. The lowest BCUT2D eigenvalue weighted by molar-refractivity contribution is 0.0898. The van der Waals surface area contributed by atoms with Gasteiger partial charge in [0.05, 0.1) is 10.6 Å². The molecule has 5 heteroatoms. The number of amides is 1. The molecule has 24 heavy (non-hydrogen) atoms. The second kappa shape index (κ2) is 8.82. The standard InChI is InChI=1S/C17H22ClFN2O.C2H6/c18-13-2-1-3-14(19)15(13)16(22)21-11-17(10-12-4-5-12)6-8-20-9-7-17;1-2/h1-3,12,20H,4-11H2,(H,21,22);1-2H3. The molecule has 0 spiro atoms. The first-order chi connectivity index (χ1) is 11.6. The van der Waals surface area contributed by atoms with Crippen LogP contribution in [0.15, 0.2) is 18.2 Å². The third kappa shape index (κ3) is 4.93. The zero-order valence-electron chi connectivity index (χ0n) is 14.6. The van der Waals surface area contributed by atoms with E-state index in [0.29, 0.717) is 6.54 Å². The Hall–Kier alpha value is -1.13. The molecule has 0 bridgehead atoms. The second-order valence-corrected chi connectivity index (χ2v) is 7.08. The lowest BCUT2D eigenvalue weighted by Gasteiger charge is -2.38. The number of piperidine rings is 1. The molecule has 134 valence electrons. The quantitative estimate of drug-likeness (QED) is 0.822. The molecule has 1 aromatic carbocycles. The van der Waals surface area contributed by atoms with Crippen molar-refractivity contribution >= 4 is 17.5 Å². The molecule has 1 saturated heterocycles. The van der Waals surface area contributed by atoms with E-state index in [9.17, 15) is 9.18 Å². The minimum Gasteiger partial charge on any atom is -0.351 e. The van der Waals surface area contributed by atoms with Gasteiger partial charge in [0.1, 0.15) is 5.82 Å². The van der Waals surface area contributed by atoms with Crippen LogP contribution >= 0.6 is 11.6 Å². The van der Waals surface area contributed by atoms with Gasteiger partial charge in [0.15, 0.2) is 0 Å². The van der Waals surface area contributed by atoms with Gasteiger partial charge in [0, 0.05) is 6.54 Å². The van der Waals surface area contributed by atoms with E-state index < -0.39 is 11.7 Å². The van der Waals surface area contributed by atoms with Crippen LogP contribution in [0.5, 0.6) is 0 Å². The predicted octanol–water partition coefficient (Wildman–Crippen LogP) is 4.41. The zero-order chi connectivity index (χ0) is 17.6. The zero-order valence-corrected chi connectivity index (χ0v) is 15.4. The average Bonchev–Trinajstić information content (AvgIpc) is 3.39. The highest BCUT2D eigenvalue weighted by molar-refractivity contribution is 6.33. The fraction of sp³-hybridized carbons (Fsp3) is 0.632. The van der Waals surface area contributed by atoms with Crippen molar-refractivity contribution in [2.45, 2.75) is 46.0 Å². The number of benzene rings is 1. The maximum atomic E-state index is 13.8. The lowest BCUT2D eigenvalue weighted by atomic mass is 9.74. The Morgan fingerprint density at radius 3 is 2.58 bits per heavy atom. The van der Waals surface area contributed by atoms with E-state index in [4.69, 9.17) is 11.6 Å². The van der Waals surface area contributed by atoms with Gasteiger partial charge in [-0.15, -0.1) is 0 Å². The summed E-state index contributed by atoms with van der Waals surface area (Å²) in [7, 11) is 0. The molecular formula is C19H28ClFN2O. The highest BCUT2D eigenvalue weighted by atomic mass is 35.5. The van der Waals surface area contributed by atoms with E-state index in [2.05, 4.69) is 10.6 Å². The van der Waals surface area contributed by atoms with Crippen molar-refractivity contribution < 1.29 is 9.18 Å². The van der Waals surface area contributed by atoms with Crippen molar-refractivity contribution in [3.8, 4) is 0 Å². The summed E-state index contributed by atoms with van der Waals surface area (Å²) in [5, 5.41) is 6.48. The molecule has 2 N–H and O–H groups in total. The minimum atomic E-state index is -0.563. The third-order valence-electron chi connectivity index (χ3n) is 4.90. The van der Waals surface area contributed by atoms with Crippen LogP contribution < -0.4 is 10.6 Å². The highest BCUT2D eigenvalue weighted by Gasteiger charge is 2.38. The van der Waals surface area contributed by atoms with Crippen LogP contribution in [0.2, 0.25) is 5.02 Å². The number of nitrogens with one attached hydrogen (secondary N) is 2. The predicted molar refractivity (Wildman–Crippen MR) is 97.0 cm³/mol. The molecule has 2 fully saturated rings. The molecule has 1 saturated carbocycles. The Kier molecular flexibility index (Phi) is 7.05. The number of carbonyl (C=O) groups is 1. The van der Waals surface area contributed by atoms with Crippen LogP contribution in [-0.2, 0) is 0 Å². The van der Waals surface area contributed by atoms with Gasteiger partial charge < -0.3 is 10.6 Å². The van der Waals surface area contributed by atoms with Crippen LogP contribution in [0.3, 0.4) is 0 Å². The lowest BCUT2D eigenvalue weighted by Crippen LogP contribution is -2.45. The maximum absolute atomic E-state index is 13.8. The van der Waals surface area contributed by atoms with Gasteiger partial charge in [0.25, 0.3) is 5.91 Å². The number of hydrogen-bond donors (Lipinski definition) is 2. The van der Waals surface area contributed by atoms with Crippen LogP contribution in [0.4, 0.5) is 4.39 Å². The van der Waals surface area contributed by atoms with E-state index in [1.54, 1.807) is 6.07 Å². The molecule has 1 aliphatic heterocycles. The highest BCUT2D eigenvalue weighted by Crippen LogP contribution is 2.44. The van der Waals surface area contributed by atoms with Crippen molar-refractivity contribution in [1.82, 2.24) is 10.6 Å². The summed E-state index contributed by atoms with van der Waals surface area (Å²) in [6.07, 6.45) is 5.91. The second-order valence-electron chi connectivity index (χ2n) is 6.68. The van der Waals surface area contributed by atoms with Crippen LogP contribution in [0, 0.1) is 17.2 Å². The van der Waals surface area contributed by atoms with Crippen molar-refractivity contribution in [3.05, 3.63) is 34.6 Å². The molecule has 0 aromatic heterocycles. The van der Waals surface area contributed by atoms with Crippen LogP contribution in [0.25, 0.3) is 0 Å². The Morgan fingerprint density at radius 1 is 1.33 bits per heavy atom. The van der Waals surface area contributed by atoms with Crippen LogP contribution in [0.1, 0.15) is 56.3 Å². The SMILES string of the molecule is CC.O=C(NCC1(CC2CC2)CCNCC1)c1c(F)cccc1Cl. The minimum absolute atomic E-state index is 0.0420. The summed E-state index contributed by atoms with van der Waals surface area (Å²) in [4.78, 5) is 12.3. The first kappa shape index (κ1) is 19.2. The molecule has 3 nitrogen and oxygen atoms in total. The first-order valence-electron chi connectivity index (χ1n) is 9.03. The fourth-order valence-corrected chi connectivity index (χ4v) is 3.66. The number of hydrogen-bond acceptors (Lipinski definition) is 2. The Balaban J connectivity index is 0.00000100. The fourth-order valence-electron chi connectivity index (χ4n) is 3.42. The summed E-state index contributed by atoms with van der Waals surface area (Å²) >= 11 is 5.96. The van der Waals surface area contributed by atoms with E-state index >= 15 is 0 Å². The molecular weight excluding hydrogens is 327 g/mol. The summed E-state index contributed by atoms with van der Waals surface area (Å²) in [6, 6.07) is 4.32. The molecule has 1 aromatic rings. The van der Waals surface area contributed by atoms with Crippen molar-refractivity contribution in [2.24, 2.45) is 11.3 Å². The molecule has 0 unspecified atom stereocenters. The largest absolute Gasteiger partial charge is 0.351 e. The van der Waals surface area contributed by atoms with Gasteiger partial charge in [-0.2, -0.15) is 0 Å². The number of carbonyl (C=O) groups excluding carboxylic acids is 1. The molecule has 3 rings (SSSR count). The summed E-state index contributed by atoms with van der Waals surface area (Å²) in [5.41, 5.74) is 0.111. The van der Waals surface area contributed by atoms with Crippen molar-refractivity contribution in [1.29, 1.82) is 0 Å². The Morgan fingerprint density at radius 2 is 2.00 bits per heavy atom. The molecule has 1 aliphatic carbocycles. The van der Waals surface area contributed by atoms with Gasteiger partial charge in [0.2, 0.25) is 0 Å². The van der Waals surface area contributed by atoms with E-state index in [1.165, 1.54) is 31.4 Å². The monoisotopic (exact) mass is 354 g/mol. The molecule has 0 radical (unpaired) electrons. The summed E-state index contributed by atoms with van der Waals surface area (Å²) < 4.78 is 13.8. The smallest absolute Gasteiger partial charge is 0.255 e. The number of halogens is 2. The summed E-state index contributed by atoms with van der Waals surface area (Å²) in [6.45, 7) is 6.58. The summed E-state index contributed by atoms with van der Waals surface area (Å²) in [5.74, 6) is -0.157. The molecule has 1 amide bonds. The average molecular weight is 355 g/mol. The van der Waals surface area contributed by atoms with Gasteiger partial charge in [-0.25, -0.2) is 4.39 Å². The Bertz CT molecular complexity index is 534. The topological polar surface area (TPSA) is 41.1 Å². The van der Waals surface area contributed by atoms with Crippen LogP contribution in [-0.4, -0.2) is 25.5 Å². The molecule has 2 aliphatic rings. The Labute approximate surface area is 149 Å². The van der Waals surface area contributed by atoms with Gasteiger partial charge in [-0.05, 0) is 55.8 Å². The van der Waals surface area contributed by atoms with Crippen molar-refractivity contribution in [3.63, 3.8) is 0 Å². The van der Waals surface area contributed by atoms with Gasteiger partial charge in [-0.1, -0.05) is 44.4 Å². The molecule has 0 atom stereocenters. The van der Waals surface area contributed by atoms with E-state index in [0.717, 1.165) is 31.8 Å². The maximum Gasteiger partial charge on any atom is 0.255 e. The molecule has 1 heterocycles. The van der Waals surface area contributed by atoms with Gasteiger partial charge >= 0.3 is 0 Å². The van der Waals surface area contributed by atoms with Crippen molar-refractivity contribution in [2.75, 3.05) is 19.6 Å². The first-order valence-corrected chi connectivity index (χ1v) is 9.40. The third-order valence-corrected chi connectivity index (χ3v) is 5.21. The van der Waals surface area contributed by atoms with E-state index in [1.807, 2.05) is 13.8 Å². The number of rotatable bonds is 5. The van der Waals surface area contributed by atoms with E-state index in [-0.39, 0.29) is 16.0 Å². The van der Waals surface area contributed by atoms with Gasteiger partial charge in [-0.3, -0.25) is 4.79 Å².